The molecule has 0 spiro atoms. The number of carbonyl (C=O) groups excluding carboxylic acids is 3. The largest absolute Gasteiger partial charge is 0.467 e. The molecule has 0 saturated carbocycles. The number of aromatic nitrogens is 3. The summed E-state index contributed by atoms with van der Waals surface area (Å²) in [7, 11) is 2.80. The molecule has 11 nitrogen and oxygen atoms in total. The number of rotatable bonds is 5. The molecule has 0 N–H and O–H groups in total. The van der Waals surface area contributed by atoms with Crippen molar-refractivity contribution in [2.45, 2.75) is 31.7 Å². The quantitative estimate of drug-likeness (QED) is 0.639. The summed E-state index contributed by atoms with van der Waals surface area (Å²) < 4.78 is 10.0. The minimum absolute atomic E-state index is 0.0440. The Morgan fingerprint density at radius 3 is 2.20 bits per heavy atom. The minimum Gasteiger partial charge on any atom is -0.467 e. The number of amides is 2. The lowest BCUT2D eigenvalue weighted by molar-refractivity contribution is -0.198. The SMILES string of the molecule is COc1nc(OC)nc(N2CCC[C@H]2C(=O)ON2C(=O)CCC2=O)n1. The molecule has 1 atom stereocenters. The van der Waals surface area contributed by atoms with Crippen LogP contribution in [0.2, 0.25) is 0 Å². The van der Waals surface area contributed by atoms with E-state index < -0.39 is 23.8 Å². The highest BCUT2D eigenvalue weighted by Crippen LogP contribution is 2.26. The van der Waals surface area contributed by atoms with E-state index in [1.807, 2.05) is 0 Å². The number of hydroxylamine groups is 2. The van der Waals surface area contributed by atoms with Crippen molar-refractivity contribution in [1.82, 2.24) is 20.0 Å². The third-order valence-electron chi connectivity index (χ3n) is 3.92. The first kappa shape index (κ1) is 16.9. The lowest BCUT2D eigenvalue weighted by atomic mass is 10.2. The fourth-order valence-electron chi connectivity index (χ4n) is 2.70. The Balaban J connectivity index is 1.79. The van der Waals surface area contributed by atoms with Gasteiger partial charge in [0.2, 0.25) is 5.95 Å². The van der Waals surface area contributed by atoms with Gasteiger partial charge in [0.05, 0.1) is 14.2 Å². The van der Waals surface area contributed by atoms with Crippen LogP contribution in [0.3, 0.4) is 0 Å². The number of hydrogen-bond donors (Lipinski definition) is 0. The number of hydrogen-bond acceptors (Lipinski definition) is 10. The second-order valence-corrected chi connectivity index (χ2v) is 5.45. The third kappa shape index (κ3) is 3.30. The lowest BCUT2D eigenvalue weighted by Gasteiger charge is -2.24. The topological polar surface area (TPSA) is 124 Å². The summed E-state index contributed by atoms with van der Waals surface area (Å²) in [6.45, 7) is 0.498. The Kier molecular flexibility index (Phi) is 4.63. The average molecular weight is 351 g/mol. The Hall–Kier alpha value is -2.98. The molecule has 2 aliphatic rings. The van der Waals surface area contributed by atoms with E-state index in [0.717, 1.165) is 0 Å². The predicted molar refractivity (Wildman–Crippen MR) is 80.5 cm³/mol. The van der Waals surface area contributed by atoms with E-state index in [1.165, 1.54) is 14.2 Å². The second kappa shape index (κ2) is 6.87. The Bertz CT molecular complexity index is 673. The average Bonchev–Trinajstić information content (AvgIpc) is 3.23. The van der Waals surface area contributed by atoms with Gasteiger partial charge in [0.1, 0.15) is 6.04 Å². The molecule has 2 aliphatic heterocycles. The van der Waals surface area contributed by atoms with Gasteiger partial charge in [-0.25, -0.2) is 4.79 Å². The van der Waals surface area contributed by atoms with Gasteiger partial charge >= 0.3 is 18.0 Å². The Morgan fingerprint density at radius 2 is 1.64 bits per heavy atom. The highest BCUT2D eigenvalue weighted by Gasteiger charge is 2.39. The van der Waals surface area contributed by atoms with Crippen LogP contribution in [0.5, 0.6) is 12.0 Å². The Morgan fingerprint density at radius 1 is 1.04 bits per heavy atom. The highest BCUT2D eigenvalue weighted by atomic mass is 16.7. The van der Waals surface area contributed by atoms with Gasteiger partial charge in [0.15, 0.2) is 0 Å². The van der Waals surface area contributed by atoms with Crippen LogP contribution >= 0.6 is 0 Å². The van der Waals surface area contributed by atoms with Crippen molar-refractivity contribution < 1.29 is 28.7 Å². The maximum Gasteiger partial charge on any atom is 0.355 e. The van der Waals surface area contributed by atoms with E-state index in [4.69, 9.17) is 14.3 Å². The lowest BCUT2D eigenvalue weighted by Crippen LogP contribution is -2.43. The summed E-state index contributed by atoms with van der Waals surface area (Å²) >= 11 is 0. The molecule has 0 unspecified atom stereocenters. The van der Waals surface area contributed by atoms with Gasteiger partial charge in [0, 0.05) is 19.4 Å². The first-order valence-electron chi connectivity index (χ1n) is 7.71. The monoisotopic (exact) mass is 351 g/mol. The van der Waals surface area contributed by atoms with E-state index in [2.05, 4.69) is 15.0 Å². The van der Waals surface area contributed by atoms with Gasteiger partial charge in [-0.15, -0.1) is 10.0 Å². The molecule has 0 radical (unpaired) electrons. The molecule has 25 heavy (non-hydrogen) atoms. The summed E-state index contributed by atoms with van der Waals surface area (Å²) in [6, 6.07) is -0.630. The number of anilines is 1. The smallest absolute Gasteiger partial charge is 0.355 e. The first-order chi connectivity index (χ1) is 12.0. The molecular formula is C14H17N5O6. The van der Waals surface area contributed by atoms with Crippen molar-refractivity contribution in [3.8, 4) is 12.0 Å². The molecule has 3 rings (SSSR count). The van der Waals surface area contributed by atoms with E-state index in [1.54, 1.807) is 4.90 Å². The van der Waals surface area contributed by atoms with E-state index >= 15 is 0 Å². The number of nitrogens with zero attached hydrogens (tertiary/aromatic N) is 5. The van der Waals surface area contributed by atoms with Gasteiger partial charge in [-0.3, -0.25) is 9.59 Å². The highest BCUT2D eigenvalue weighted by molar-refractivity contribution is 6.01. The molecule has 0 aromatic carbocycles. The van der Waals surface area contributed by atoms with Crippen molar-refractivity contribution >= 4 is 23.7 Å². The van der Waals surface area contributed by atoms with Crippen LogP contribution in [0, 0.1) is 0 Å². The van der Waals surface area contributed by atoms with Crippen molar-refractivity contribution in [3.05, 3.63) is 0 Å². The zero-order valence-corrected chi connectivity index (χ0v) is 13.8. The van der Waals surface area contributed by atoms with Gasteiger partial charge in [-0.2, -0.15) is 9.97 Å². The van der Waals surface area contributed by atoms with Crippen molar-refractivity contribution in [2.24, 2.45) is 0 Å². The van der Waals surface area contributed by atoms with Gasteiger partial charge in [-0.05, 0) is 12.8 Å². The van der Waals surface area contributed by atoms with Crippen LogP contribution in [0.4, 0.5) is 5.95 Å². The molecule has 2 saturated heterocycles. The molecule has 3 heterocycles. The van der Waals surface area contributed by atoms with Crippen LogP contribution in [0.1, 0.15) is 25.7 Å². The number of carbonyl (C=O) groups is 3. The van der Waals surface area contributed by atoms with Crippen LogP contribution < -0.4 is 14.4 Å². The molecule has 0 aliphatic carbocycles. The van der Waals surface area contributed by atoms with Gasteiger partial charge in [-0.1, -0.05) is 0 Å². The number of imide groups is 1. The molecular weight excluding hydrogens is 334 g/mol. The number of methoxy groups -OCH3 is 2. The maximum atomic E-state index is 12.4. The molecule has 1 aromatic rings. The van der Waals surface area contributed by atoms with E-state index in [0.29, 0.717) is 24.4 Å². The van der Waals surface area contributed by atoms with Crippen molar-refractivity contribution in [1.29, 1.82) is 0 Å². The summed E-state index contributed by atoms with van der Waals surface area (Å²) in [5, 5.41) is 0.535. The molecule has 2 amide bonds. The molecule has 11 heteroatoms. The zero-order valence-electron chi connectivity index (χ0n) is 13.8. The normalized spacial score (nSPS) is 20.2. The molecule has 134 valence electrons. The van der Waals surface area contributed by atoms with Gasteiger partial charge < -0.3 is 19.2 Å². The summed E-state index contributed by atoms with van der Waals surface area (Å²) in [5.41, 5.74) is 0. The summed E-state index contributed by atoms with van der Waals surface area (Å²) in [6.07, 6.45) is 1.26. The van der Waals surface area contributed by atoms with Crippen LogP contribution in [-0.4, -0.2) is 64.6 Å². The standard InChI is InChI=1S/C14H17N5O6/c1-23-13-15-12(16-14(17-13)24-2)18-7-3-4-8(18)11(22)25-19-9(20)5-6-10(19)21/h8H,3-7H2,1-2H3/t8-/m0/s1. The van der Waals surface area contributed by atoms with Crippen molar-refractivity contribution in [3.63, 3.8) is 0 Å². The predicted octanol–water partition coefficient (Wildman–Crippen LogP) is -0.535. The molecule has 2 fully saturated rings. The Labute approximate surface area is 142 Å². The summed E-state index contributed by atoms with van der Waals surface area (Å²) in [5.74, 6) is -1.56. The number of ether oxygens (including phenoxy) is 2. The van der Waals surface area contributed by atoms with E-state index in [9.17, 15) is 14.4 Å². The minimum atomic E-state index is -0.724. The zero-order chi connectivity index (χ0) is 18.0. The molecule has 0 bridgehead atoms. The van der Waals surface area contributed by atoms with Gasteiger partial charge in [0.25, 0.3) is 11.8 Å². The van der Waals surface area contributed by atoms with Crippen LogP contribution in [0.25, 0.3) is 0 Å². The second-order valence-electron chi connectivity index (χ2n) is 5.45. The van der Waals surface area contributed by atoms with E-state index in [-0.39, 0.29) is 30.8 Å². The molecule has 1 aromatic heterocycles. The third-order valence-corrected chi connectivity index (χ3v) is 3.92. The van der Waals surface area contributed by atoms with Crippen LogP contribution in [-0.2, 0) is 19.2 Å². The maximum absolute atomic E-state index is 12.4. The van der Waals surface area contributed by atoms with Crippen molar-refractivity contribution in [2.75, 3.05) is 25.7 Å². The summed E-state index contributed by atoms with van der Waals surface area (Å²) in [4.78, 5) is 54.4. The van der Waals surface area contributed by atoms with Crippen LogP contribution in [0.15, 0.2) is 0 Å². The fraction of sp³-hybridized carbons (Fsp3) is 0.571. The fourth-order valence-corrected chi connectivity index (χ4v) is 2.70. The first-order valence-corrected chi connectivity index (χ1v) is 7.71.